The first kappa shape index (κ1) is 21.5. The molecule has 0 aliphatic rings. The van der Waals surface area contributed by atoms with Crippen molar-refractivity contribution in [2.75, 3.05) is 26.9 Å². The molecule has 1 aromatic rings. The lowest BCUT2D eigenvalue weighted by Gasteiger charge is -2.26. The summed E-state index contributed by atoms with van der Waals surface area (Å²) in [7, 11) is 1.57. The highest BCUT2D eigenvalue weighted by Crippen LogP contribution is 2.31. The van der Waals surface area contributed by atoms with E-state index in [-0.39, 0.29) is 26.1 Å². The zero-order valence-corrected chi connectivity index (χ0v) is 15.6. The number of allylic oxidation sites excluding steroid dienone is 1. The van der Waals surface area contributed by atoms with Crippen LogP contribution in [-0.4, -0.2) is 38.9 Å². The third-order valence-corrected chi connectivity index (χ3v) is 3.62. The minimum Gasteiger partial charge on any atom is -0.465 e. The Bertz CT molecular complexity index is 634. The number of carbonyl (C=O) groups excluding carboxylic acids is 2. The van der Waals surface area contributed by atoms with Crippen molar-refractivity contribution in [3.8, 4) is 11.8 Å². The van der Waals surface area contributed by atoms with Gasteiger partial charge in [0.25, 0.3) is 0 Å². The molecule has 0 atom stereocenters. The summed E-state index contributed by atoms with van der Waals surface area (Å²) in [5.74, 6) is 4.68. The Balaban J connectivity index is 3.15. The van der Waals surface area contributed by atoms with Crippen molar-refractivity contribution < 1.29 is 23.8 Å². The monoisotopic (exact) mass is 358 g/mol. The molecule has 5 nitrogen and oxygen atoms in total. The zero-order chi connectivity index (χ0) is 19.3. The third kappa shape index (κ3) is 6.38. The third-order valence-electron chi connectivity index (χ3n) is 3.62. The standard InChI is InChI=1S/C21H26O5/c1-4-25-19(22)21(20(23)26-5-2,15-9-10-17-24-3)16-11-14-18-12-7-6-8-13-18/h6-10,12-13H,4-5,15-17H2,1-3H3/b10-9-. The first-order valence-electron chi connectivity index (χ1n) is 8.63. The van der Waals surface area contributed by atoms with Crippen LogP contribution in [0.3, 0.4) is 0 Å². The smallest absolute Gasteiger partial charge is 0.324 e. The number of rotatable bonds is 9. The minimum absolute atomic E-state index is 0.0108. The van der Waals surface area contributed by atoms with Gasteiger partial charge in [-0.3, -0.25) is 9.59 Å². The Kier molecular flexibility index (Phi) is 9.81. The maximum Gasteiger partial charge on any atom is 0.324 e. The molecule has 140 valence electrons. The van der Waals surface area contributed by atoms with E-state index in [2.05, 4.69) is 11.8 Å². The molecule has 1 aromatic carbocycles. The topological polar surface area (TPSA) is 61.8 Å². The average Bonchev–Trinajstić information content (AvgIpc) is 2.65. The Hall–Kier alpha value is -2.58. The van der Waals surface area contributed by atoms with Crippen LogP contribution in [0, 0.1) is 17.3 Å². The Morgan fingerprint density at radius 3 is 2.19 bits per heavy atom. The van der Waals surface area contributed by atoms with Gasteiger partial charge in [0, 0.05) is 19.1 Å². The summed E-state index contributed by atoms with van der Waals surface area (Å²) in [6, 6.07) is 9.37. The van der Waals surface area contributed by atoms with E-state index in [1.54, 1.807) is 33.1 Å². The molecule has 0 heterocycles. The fraction of sp³-hybridized carbons (Fsp3) is 0.429. The summed E-state index contributed by atoms with van der Waals surface area (Å²) in [6.07, 6.45) is 3.62. The molecular weight excluding hydrogens is 332 g/mol. The van der Waals surface area contributed by atoms with E-state index in [4.69, 9.17) is 14.2 Å². The molecule has 0 N–H and O–H groups in total. The van der Waals surface area contributed by atoms with Crippen LogP contribution in [0.2, 0.25) is 0 Å². The summed E-state index contributed by atoms with van der Waals surface area (Å²) < 4.78 is 15.3. The number of methoxy groups -OCH3 is 1. The van der Waals surface area contributed by atoms with E-state index in [0.717, 1.165) is 5.56 Å². The van der Waals surface area contributed by atoms with Crippen molar-refractivity contribution in [2.45, 2.75) is 26.7 Å². The first-order valence-corrected chi connectivity index (χ1v) is 8.63. The van der Waals surface area contributed by atoms with Crippen molar-refractivity contribution in [3.05, 3.63) is 48.0 Å². The van der Waals surface area contributed by atoms with Crippen molar-refractivity contribution >= 4 is 11.9 Å². The van der Waals surface area contributed by atoms with Crippen LogP contribution in [0.15, 0.2) is 42.5 Å². The van der Waals surface area contributed by atoms with Crippen LogP contribution in [0.1, 0.15) is 32.3 Å². The van der Waals surface area contributed by atoms with Gasteiger partial charge in [0.05, 0.1) is 19.8 Å². The van der Waals surface area contributed by atoms with Crippen LogP contribution in [0.4, 0.5) is 0 Å². The lowest BCUT2D eigenvalue weighted by atomic mass is 9.81. The minimum atomic E-state index is -1.49. The van der Waals surface area contributed by atoms with Gasteiger partial charge in [0.15, 0.2) is 5.41 Å². The normalized spacial score (nSPS) is 10.9. The molecule has 1 rings (SSSR count). The highest BCUT2D eigenvalue weighted by atomic mass is 16.6. The van der Waals surface area contributed by atoms with Gasteiger partial charge in [-0.05, 0) is 32.4 Å². The van der Waals surface area contributed by atoms with Gasteiger partial charge in [0.1, 0.15) is 0 Å². The molecule has 0 aliphatic heterocycles. The molecule has 0 radical (unpaired) electrons. The molecule has 5 heteroatoms. The zero-order valence-electron chi connectivity index (χ0n) is 15.6. The maximum absolute atomic E-state index is 12.6. The van der Waals surface area contributed by atoms with Gasteiger partial charge in [-0.2, -0.15) is 0 Å². The number of esters is 2. The molecule has 0 saturated heterocycles. The van der Waals surface area contributed by atoms with E-state index in [1.165, 1.54) is 0 Å². The van der Waals surface area contributed by atoms with Crippen molar-refractivity contribution in [3.63, 3.8) is 0 Å². The van der Waals surface area contributed by atoms with E-state index in [0.29, 0.717) is 6.61 Å². The molecule has 0 amide bonds. The second-order valence-electron chi connectivity index (χ2n) is 5.50. The van der Waals surface area contributed by atoms with Gasteiger partial charge in [-0.1, -0.05) is 42.2 Å². The van der Waals surface area contributed by atoms with Crippen LogP contribution in [-0.2, 0) is 23.8 Å². The van der Waals surface area contributed by atoms with Gasteiger partial charge in [-0.15, -0.1) is 0 Å². The van der Waals surface area contributed by atoms with Crippen LogP contribution < -0.4 is 0 Å². The predicted octanol–water partition coefficient (Wildman–Crippen LogP) is 3.13. The molecule has 0 fully saturated rings. The second-order valence-corrected chi connectivity index (χ2v) is 5.50. The lowest BCUT2D eigenvalue weighted by molar-refractivity contribution is -0.171. The van der Waals surface area contributed by atoms with Crippen LogP contribution >= 0.6 is 0 Å². The molecular formula is C21H26O5. The van der Waals surface area contributed by atoms with Crippen LogP contribution in [0.25, 0.3) is 0 Å². The molecule has 0 bridgehead atoms. The number of benzene rings is 1. The van der Waals surface area contributed by atoms with E-state index < -0.39 is 17.4 Å². The Labute approximate surface area is 155 Å². The summed E-state index contributed by atoms with van der Waals surface area (Å²) in [5.41, 5.74) is -0.679. The number of carbonyl (C=O) groups is 2. The maximum atomic E-state index is 12.6. The van der Waals surface area contributed by atoms with Gasteiger partial charge in [0.2, 0.25) is 0 Å². The Morgan fingerprint density at radius 2 is 1.65 bits per heavy atom. The van der Waals surface area contributed by atoms with Crippen LogP contribution in [0.5, 0.6) is 0 Å². The Morgan fingerprint density at radius 1 is 1.04 bits per heavy atom. The largest absolute Gasteiger partial charge is 0.465 e. The predicted molar refractivity (Wildman–Crippen MR) is 99.3 cm³/mol. The van der Waals surface area contributed by atoms with E-state index >= 15 is 0 Å². The number of ether oxygens (including phenoxy) is 3. The number of hydrogen-bond donors (Lipinski definition) is 0. The fourth-order valence-corrected chi connectivity index (χ4v) is 2.27. The highest BCUT2D eigenvalue weighted by Gasteiger charge is 2.47. The molecule has 0 saturated carbocycles. The molecule has 0 aliphatic carbocycles. The SMILES string of the molecule is CCOC(=O)C(CC#Cc1ccccc1)(C/C=C\COC)C(=O)OCC. The van der Waals surface area contributed by atoms with E-state index in [9.17, 15) is 9.59 Å². The number of hydrogen-bond acceptors (Lipinski definition) is 5. The summed E-state index contributed by atoms with van der Waals surface area (Å²) in [5, 5.41) is 0. The van der Waals surface area contributed by atoms with Crippen molar-refractivity contribution in [1.82, 2.24) is 0 Å². The summed E-state index contributed by atoms with van der Waals surface area (Å²) in [6.45, 7) is 4.13. The first-order chi connectivity index (χ1) is 12.6. The summed E-state index contributed by atoms with van der Waals surface area (Å²) >= 11 is 0. The fourth-order valence-electron chi connectivity index (χ4n) is 2.27. The average molecular weight is 358 g/mol. The van der Waals surface area contributed by atoms with Crippen molar-refractivity contribution in [1.29, 1.82) is 0 Å². The molecule has 0 aromatic heterocycles. The molecule has 26 heavy (non-hydrogen) atoms. The van der Waals surface area contributed by atoms with Gasteiger partial charge < -0.3 is 14.2 Å². The molecule has 0 unspecified atom stereocenters. The second kappa shape index (κ2) is 11.9. The van der Waals surface area contributed by atoms with E-state index in [1.807, 2.05) is 30.3 Å². The lowest BCUT2D eigenvalue weighted by Crippen LogP contribution is -2.41. The van der Waals surface area contributed by atoms with Crippen molar-refractivity contribution in [2.24, 2.45) is 5.41 Å². The summed E-state index contributed by atoms with van der Waals surface area (Å²) in [4.78, 5) is 25.3. The molecule has 0 spiro atoms. The quantitative estimate of drug-likeness (QED) is 0.294. The van der Waals surface area contributed by atoms with Gasteiger partial charge in [-0.25, -0.2) is 0 Å². The van der Waals surface area contributed by atoms with Gasteiger partial charge >= 0.3 is 11.9 Å². The highest BCUT2D eigenvalue weighted by molar-refractivity contribution is 6.00.